The van der Waals surface area contributed by atoms with Crippen LogP contribution in [0.25, 0.3) is 0 Å². The Labute approximate surface area is 166 Å². The van der Waals surface area contributed by atoms with Crippen molar-refractivity contribution in [2.75, 3.05) is 11.8 Å². The predicted octanol–water partition coefficient (Wildman–Crippen LogP) is 3.19. The maximum Gasteiger partial charge on any atom is 0.271 e. The first-order valence-electron chi connectivity index (χ1n) is 8.19. The molecule has 0 aliphatic heterocycles. The largest absolute Gasteiger partial charge is 0.504 e. The molecular weight excluding hydrogens is 400 g/mol. The van der Waals surface area contributed by atoms with E-state index in [2.05, 4.69) is 10.0 Å². The number of aromatic hydroxyl groups is 1. The van der Waals surface area contributed by atoms with Gasteiger partial charge in [0.05, 0.1) is 7.11 Å². The maximum atomic E-state index is 12.4. The summed E-state index contributed by atoms with van der Waals surface area (Å²) >= 11 is 1.11. The lowest BCUT2D eigenvalue weighted by Crippen LogP contribution is -2.23. The Hall–Kier alpha value is -3.04. The summed E-state index contributed by atoms with van der Waals surface area (Å²) in [5.41, 5.74) is 1.36. The summed E-state index contributed by atoms with van der Waals surface area (Å²) in [5.74, 6) is -0.0238. The lowest BCUT2D eigenvalue weighted by atomic mass is 10.1. The quantitative estimate of drug-likeness (QED) is 0.547. The summed E-state index contributed by atoms with van der Waals surface area (Å²) in [6.45, 7) is 0.223. The second kappa shape index (κ2) is 8.32. The number of rotatable bonds is 7. The van der Waals surface area contributed by atoms with Crippen molar-refractivity contribution in [3.63, 3.8) is 0 Å². The number of carbonyl (C=O) groups excluding carboxylic acids is 1. The van der Waals surface area contributed by atoms with Crippen molar-refractivity contribution in [1.29, 1.82) is 0 Å². The van der Waals surface area contributed by atoms with Crippen molar-refractivity contribution in [2.45, 2.75) is 10.8 Å². The van der Waals surface area contributed by atoms with E-state index in [1.165, 1.54) is 25.3 Å². The summed E-state index contributed by atoms with van der Waals surface area (Å²) in [6, 6.07) is 14.2. The van der Waals surface area contributed by atoms with Crippen LogP contribution in [0, 0.1) is 0 Å². The van der Waals surface area contributed by atoms with Gasteiger partial charge in [-0.05, 0) is 47.3 Å². The van der Waals surface area contributed by atoms with Gasteiger partial charge in [-0.25, -0.2) is 8.42 Å². The van der Waals surface area contributed by atoms with Crippen LogP contribution < -0.4 is 14.8 Å². The van der Waals surface area contributed by atoms with Crippen LogP contribution in [0.2, 0.25) is 0 Å². The van der Waals surface area contributed by atoms with Gasteiger partial charge in [-0.1, -0.05) is 18.2 Å². The van der Waals surface area contributed by atoms with Crippen LogP contribution >= 0.6 is 11.3 Å². The lowest BCUT2D eigenvalue weighted by Gasteiger charge is -2.10. The molecule has 0 unspecified atom stereocenters. The molecule has 3 N–H and O–H groups in total. The van der Waals surface area contributed by atoms with Crippen LogP contribution in [0.1, 0.15) is 15.9 Å². The number of anilines is 1. The lowest BCUT2D eigenvalue weighted by molar-refractivity contribution is 0.0951. The predicted molar refractivity (Wildman–Crippen MR) is 107 cm³/mol. The summed E-state index contributed by atoms with van der Waals surface area (Å²) in [7, 11) is -2.24. The molecule has 0 bridgehead atoms. The monoisotopic (exact) mass is 418 g/mol. The molecule has 7 nitrogen and oxygen atoms in total. The fraction of sp³-hybridized carbons (Fsp3) is 0.105. The number of hydrogen-bond donors (Lipinski definition) is 3. The van der Waals surface area contributed by atoms with Gasteiger partial charge in [0, 0.05) is 17.8 Å². The first kappa shape index (κ1) is 19.7. The maximum absolute atomic E-state index is 12.4. The number of benzene rings is 2. The van der Waals surface area contributed by atoms with Crippen LogP contribution in [0.4, 0.5) is 5.69 Å². The van der Waals surface area contributed by atoms with E-state index in [-0.39, 0.29) is 22.4 Å². The number of methoxy groups -OCH3 is 1. The van der Waals surface area contributed by atoms with Gasteiger partial charge >= 0.3 is 0 Å². The van der Waals surface area contributed by atoms with Crippen molar-refractivity contribution < 1.29 is 23.1 Å². The van der Waals surface area contributed by atoms with Gasteiger partial charge in [0.15, 0.2) is 11.5 Å². The van der Waals surface area contributed by atoms with Crippen LogP contribution in [0.3, 0.4) is 0 Å². The van der Waals surface area contributed by atoms with Crippen LogP contribution in [-0.4, -0.2) is 26.5 Å². The van der Waals surface area contributed by atoms with Crippen LogP contribution in [0.5, 0.6) is 11.5 Å². The molecule has 1 amide bonds. The molecule has 3 aromatic rings. The number of phenols is 1. The third-order valence-corrected chi connectivity index (χ3v) is 6.61. The van der Waals surface area contributed by atoms with Gasteiger partial charge in [-0.3, -0.25) is 9.52 Å². The minimum Gasteiger partial charge on any atom is -0.504 e. The molecule has 0 atom stereocenters. The Bertz CT molecular complexity index is 1080. The summed E-state index contributed by atoms with van der Waals surface area (Å²) in [5, 5.41) is 14.0. The fourth-order valence-corrected chi connectivity index (χ4v) is 4.50. The van der Waals surface area contributed by atoms with Gasteiger partial charge in [-0.15, -0.1) is 11.3 Å². The van der Waals surface area contributed by atoms with E-state index < -0.39 is 10.0 Å². The van der Waals surface area contributed by atoms with Crippen molar-refractivity contribution in [1.82, 2.24) is 5.32 Å². The van der Waals surface area contributed by atoms with E-state index in [1.54, 1.807) is 41.8 Å². The van der Waals surface area contributed by atoms with Crippen LogP contribution in [0.15, 0.2) is 64.2 Å². The molecule has 146 valence electrons. The minimum atomic E-state index is -3.68. The third-order valence-electron chi connectivity index (χ3n) is 3.83. The molecule has 0 aliphatic rings. The normalized spacial score (nSPS) is 11.0. The highest BCUT2D eigenvalue weighted by molar-refractivity contribution is 7.94. The number of carbonyl (C=O) groups is 1. The molecule has 0 saturated carbocycles. The molecule has 0 radical (unpaired) electrons. The Balaban J connectivity index is 1.69. The molecule has 0 fully saturated rings. The molecule has 9 heteroatoms. The van der Waals surface area contributed by atoms with Gasteiger partial charge < -0.3 is 15.2 Å². The standard InChI is InChI=1S/C19H18N2O5S2/c1-26-17-10-13(7-8-16(17)22)12-20-19(23)14-4-2-5-15(11-14)21-28(24,25)18-6-3-9-27-18/h2-11,21-22H,12H2,1H3,(H,20,23). The summed E-state index contributed by atoms with van der Waals surface area (Å²) in [4.78, 5) is 12.4. The fourth-order valence-electron chi connectivity index (χ4n) is 2.46. The molecule has 1 aromatic heterocycles. The molecule has 3 rings (SSSR count). The highest BCUT2D eigenvalue weighted by atomic mass is 32.2. The highest BCUT2D eigenvalue weighted by Gasteiger charge is 2.16. The number of amides is 1. The van der Waals surface area contributed by atoms with Gasteiger partial charge in [0.2, 0.25) is 0 Å². The number of nitrogens with one attached hydrogen (secondary N) is 2. The molecule has 28 heavy (non-hydrogen) atoms. The van der Waals surface area contributed by atoms with Crippen LogP contribution in [-0.2, 0) is 16.6 Å². The Morgan fingerprint density at radius 2 is 1.96 bits per heavy atom. The molecule has 0 saturated heterocycles. The first-order chi connectivity index (χ1) is 13.4. The topological polar surface area (TPSA) is 105 Å². The van der Waals surface area contributed by atoms with Gasteiger partial charge in [0.1, 0.15) is 4.21 Å². The summed E-state index contributed by atoms with van der Waals surface area (Å²) < 4.78 is 32.3. The minimum absolute atomic E-state index is 0.0169. The van der Waals surface area contributed by atoms with Gasteiger partial charge in [0.25, 0.3) is 15.9 Å². The SMILES string of the molecule is COc1cc(CNC(=O)c2cccc(NS(=O)(=O)c3cccs3)c2)ccc1O. The van der Waals surface area contributed by atoms with E-state index in [0.717, 1.165) is 16.9 Å². The molecule has 2 aromatic carbocycles. The first-order valence-corrected chi connectivity index (χ1v) is 10.6. The van der Waals surface area contributed by atoms with Crippen molar-refractivity contribution in [3.8, 4) is 11.5 Å². The van der Waals surface area contributed by atoms with E-state index in [1.807, 2.05) is 0 Å². The molecule has 1 heterocycles. The molecule has 0 spiro atoms. The zero-order valence-electron chi connectivity index (χ0n) is 14.9. The van der Waals surface area contributed by atoms with E-state index in [0.29, 0.717) is 17.0 Å². The number of thiophene rings is 1. The average molecular weight is 418 g/mol. The number of ether oxygens (including phenoxy) is 1. The zero-order chi connectivity index (χ0) is 20.1. The van der Waals surface area contributed by atoms with E-state index in [9.17, 15) is 18.3 Å². The second-order valence-electron chi connectivity index (χ2n) is 5.81. The van der Waals surface area contributed by atoms with Crippen molar-refractivity contribution in [3.05, 3.63) is 71.1 Å². The van der Waals surface area contributed by atoms with Gasteiger partial charge in [-0.2, -0.15) is 0 Å². The smallest absolute Gasteiger partial charge is 0.271 e. The highest BCUT2D eigenvalue weighted by Crippen LogP contribution is 2.26. The Kier molecular flexibility index (Phi) is 5.86. The molecular formula is C19H18N2O5S2. The number of hydrogen-bond acceptors (Lipinski definition) is 6. The average Bonchev–Trinajstić information content (AvgIpc) is 3.23. The Morgan fingerprint density at radius 1 is 1.14 bits per heavy atom. The van der Waals surface area contributed by atoms with E-state index >= 15 is 0 Å². The van der Waals surface area contributed by atoms with E-state index in [4.69, 9.17) is 4.74 Å². The summed E-state index contributed by atoms with van der Waals surface area (Å²) in [6.07, 6.45) is 0. The third kappa shape index (κ3) is 4.62. The zero-order valence-corrected chi connectivity index (χ0v) is 16.5. The number of sulfonamides is 1. The second-order valence-corrected chi connectivity index (χ2v) is 8.66. The Morgan fingerprint density at radius 3 is 2.68 bits per heavy atom. The molecule has 0 aliphatic carbocycles. The van der Waals surface area contributed by atoms with Crippen molar-refractivity contribution in [2.24, 2.45) is 0 Å². The number of phenolic OH excluding ortho intramolecular Hbond substituents is 1. The van der Waals surface area contributed by atoms with Crippen molar-refractivity contribution >= 4 is 33.0 Å².